The van der Waals surface area contributed by atoms with Crippen LogP contribution in [0.25, 0.3) is 10.9 Å². The van der Waals surface area contributed by atoms with Crippen molar-refractivity contribution < 1.29 is 14.3 Å². The molecule has 0 unspecified atom stereocenters. The highest BCUT2D eigenvalue weighted by molar-refractivity contribution is 7.14. The second kappa shape index (κ2) is 7.11. The summed E-state index contributed by atoms with van der Waals surface area (Å²) in [5.41, 5.74) is 3.95. The van der Waals surface area contributed by atoms with Crippen LogP contribution in [0, 0.1) is 13.8 Å². The van der Waals surface area contributed by atoms with Gasteiger partial charge in [0.15, 0.2) is 0 Å². The molecule has 0 aliphatic heterocycles. The van der Waals surface area contributed by atoms with Crippen molar-refractivity contribution in [2.75, 3.05) is 19.0 Å². The molecule has 0 aliphatic carbocycles. The zero-order valence-electron chi connectivity index (χ0n) is 14.7. The number of esters is 1. The lowest BCUT2D eigenvalue weighted by atomic mass is 10.0. The molecule has 0 fully saturated rings. The van der Waals surface area contributed by atoms with Crippen molar-refractivity contribution in [3.05, 3.63) is 46.5 Å². The normalized spacial score (nSPS) is 10.7. The fourth-order valence-electron chi connectivity index (χ4n) is 2.72. The van der Waals surface area contributed by atoms with E-state index in [1.54, 1.807) is 31.6 Å². The zero-order valence-corrected chi connectivity index (χ0v) is 15.5. The molecule has 1 aromatic carbocycles. The summed E-state index contributed by atoms with van der Waals surface area (Å²) < 4.78 is 10.7. The van der Waals surface area contributed by atoms with Crippen molar-refractivity contribution in [1.82, 2.24) is 4.98 Å². The van der Waals surface area contributed by atoms with Gasteiger partial charge in [-0.25, -0.2) is 4.79 Å². The summed E-state index contributed by atoms with van der Waals surface area (Å²) in [6.45, 7) is 6.12. The first-order valence-corrected chi connectivity index (χ1v) is 8.89. The van der Waals surface area contributed by atoms with E-state index >= 15 is 0 Å². The summed E-state index contributed by atoms with van der Waals surface area (Å²) in [6, 6.07) is 5.88. The number of fused-ring (bicyclic) bond motifs is 1. The first-order valence-electron chi connectivity index (χ1n) is 8.01. The molecule has 0 radical (unpaired) electrons. The minimum absolute atomic E-state index is 0.311. The molecule has 0 aliphatic rings. The molecule has 0 saturated heterocycles. The number of methoxy groups -OCH3 is 1. The summed E-state index contributed by atoms with van der Waals surface area (Å²) in [5, 5.41) is 7.28. The van der Waals surface area contributed by atoms with Crippen LogP contribution < -0.4 is 10.1 Å². The van der Waals surface area contributed by atoms with Gasteiger partial charge in [-0.2, -0.15) is 0 Å². The molecule has 25 heavy (non-hydrogen) atoms. The fourth-order valence-corrected chi connectivity index (χ4v) is 3.54. The number of thiophene rings is 1. The third kappa shape index (κ3) is 3.17. The number of rotatable bonds is 5. The summed E-state index contributed by atoms with van der Waals surface area (Å²) in [7, 11) is 1.61. The summed E-state index contributed by atoms with van der Waals surface area (Å²) >= 11 is 1.59. The van der Waals surface area contributed by atoms with Crippen molar-refractivity contribution in [1.29, 1.82) is 0 Å². The number of anilines is 2. The minimum Gasteiger partial charge on any atom is -0.494 e. The quantitative estimate of drug-likeness (QED) is 0.663. The van der Waals surface area contributed by atoms with Crippen LogP contribution in [0.4, 0.5) is 10.7 Å². The van der Waals surface area contributed by atoms with Gasteiger partial charge in [0.1, 0.15) is 16.8 Å². The Morgan fingerprint density at radius 1 is 1.24 bits per heavy atom. The van der Waals surface area contributed by atoms with E-state index in [9.17, 15) is 4.79 Å². The van der Waals surface area contributed by atoms with Gasteiger partial charge in [-0.3, -0.25) is 4.98 Å². The van der Waals surface area contributed by atoms with E-state index in [4.69, 9.17) is 9.47 Å². The van der Waals surface area contributed by atoms with E-state index in [1.165, 1.54) is 0 Å². The molecule has 130 valence electrons. The van der Waals surface area contributed by atoms with Crippen molar-refractivity contribution in [3.8, 4) is 5.75 Å². The molecule has 0 bridgehead atoms. The average Bonchev–Trinajstić information content (AvgIpc) is 3.00. The molecular formula is C19H20N2O3S. The lowest BCUT2D eigenvalue weighted by Crippen LogP contribution is -2.10. The van der Waals surface area contributed by atoms with Gasteiger partial charge in [0, 0.05) is 11.6 Å². The van der Waals surface area contributed by atoms with Crippen molar-refractivity contribution in [3.63, 3.8) is 0 Å². The Labute approximate surface area is 150 Å². The third-order valence-corrected chi connectivity index (χ3v) is 4.94. The monoisotopic (exact) mass is 356 g/mol. The van der Waals surface area contributed by atoms with Crippen LogP contribution in [0.5, 0.6) is 5.75 Å². The average molecular weight is 356 g/mol. The minimum atomic E-state index is -0.393. The van der Waals surface area contributed by atoms with Gasteiger partial charge in [0.25, 0.3) is 0 Å². The maximum absolute atomic E-state index is 12.5. The predicted octanol–water partition coefficient (Wildman–Crippen LogP) is 4.84. The molecule has 0 spiro atoms. The van der Waals surface area contributed by atoms with E-state index in [-0.39, 0.29) is 0 Å². The highest BCUT2D eigenvalue weighted by Crippen LogP contribution is 2.37. The maximum atomic E-state index is 12.5. The Morgan fingerprint density at radius 3 is 2.68 bits per heavy atom. The van der Waals surface area contributed by atoms with Crippen LogP contribution in [0.15, 0.2) is 29.8 Å². The number of benzene rings is 1. The van der Waals surface area contributed by atoms with Crippen molar-refractivity contribution >= 4 is 38.9 Å². The molecular weight excluding hydrogens is 336 g/mol. The van der Waals surface area contributed by atoms with E-state index < -0.39 is 5.97 Å². The number of hydrogen-bond donors (Lipinski definition) is 1. The van der Waals surface area contributed by atoms with Gasteiger partial charge in [-0.1, -0.05) is 6.07 Å². The van der Waals surface area contributed by atoms with Gasteiger partial charge < -0.3 is 14.8 Å². The molecule has 5 nitrogen and oxygen atoms in total. The first kappa shape index (κ1) is 17.2. The number of pyridine rings is 1. The molecule has 6 heteroatoms. The number of nitrogens with zero attached hydrogens (tertiary/aromatic N) is 1. The van der Waals surface area contributed by atoms with Crippen LogP contribution in [0.1, 0.15) is 28.4 Å². The Morgan fingerprint density at radius 2 is 2.04 bits per heavy atom. The van der Waals surface area contributed by atoms with E-state index in [1.807, 2.05) is 37.4 Å². The molecule has 3 aromatic rings. The number of aromatic nitrogens is 1. The van der Waals surface area contributed by atoms with Crippen molar-refractivity contribution in [2.45, 2.75) is 20.8 Å². The van der Waals surface area contributed by atoms with E-state index in [2.05, 4.69) is 10.3 Å². The van der Waals surface area contributed by atoms with Crippen LogP contribution in [0.3, 0.4) is 0 Å². The van der Waals surface area contributed by atoms with Gasteiger partial charge in [-0.15, -0.1) is 11.3 Å². The molecule has 3 rings (SSSR count). The number of hydrogen-bond acceptors (Lipinski definition) is 6. The summed E-state index contributed by atoms with van der Waals surface area (Å²) in [5.74, 6) is 0.276. The Hall–Kier alpha value is -2.60. The Kier molecular flexibility index (Phi) is 4.90. The largest absolute Gasteiger partial charge is 0.494 e. The second-order valence-electron chi connectivity index (χ2n) is 5.63. The number of carbonyl (C=O) groups is 1. The molecule has 0 amide bonds. The number of nitrogens with one attached hydrogen (secondary N) is 1. The maximum Gasteiger partial charge on any atom is 0.341 e. The Bertz CT molecular complexity index is 934. The molecule has 0 saturated carbocycles. The van der Waals surface area contributed by atoms with Gasteiger partial charge in [-0.05, 0) is 49.4 Å². The summed E-state index contributed by atoms with van der Waals surface area (Å²) in [4.78, 5) is 16.9. The lowest BCUT2D eigenvalue weighted by molar-refractivity contribution is 0.0527. The van der Waals surface area contributed by atoms with Crippen LogP contribution in [-0.2, 0) is 4.74 Å². The molecule has 2 heterocycles. The molecule has 1 N–H and O–H groups in total. The van der Waals surface area contributed by atoms with E-state index in [0.717, 1.165) is 21.5 Å². The fraction of sp³-hybridized carbons (Fsp3) is 0.263. The molecule has 2 aromatic heterocycles. The van der Waals surface area contributed by atoms with E-state index in [0.29, 0.717) is 29.1 Å². The first-order chi connectivity index (χ1) is 12.1. The van der Waals surface area contributed by atoms with Gasteiger partial charge in [0.05, 0.1) is 24.4 Å². The standard InChI is InChI=1S/C19H20N2O3S/c1-5-24-19(22)13-10-20-17-14(23-4)7-6-11(2)15(17)16(13)21-18-12(3)8-9-25-18/h6-10H,5H2,1-4H3,(H,20,21). The topological polar surface area (TPSA) is 60.5 Å². The van der Waals surface area contributed by atoms with Gasteiger partial charge >= 0.3 is 5.97 Å². The van der Waals surface area contributed by atoms with Crippen LogP contribution in [0.2, 0.25) is 0 Å². The predicted molar refractivity (Wildman–Crippen MR) is 101 cm³/mol. The van der Waals surface area contributed by atoms with Gasteiger partial charge in [0.2, 0.25) is 0 Å². The number of carbonyl (C=O) groups excluding carboxylic acids is 1. The number of ether oxygens (including phenoxy) is 2. The second-order valence-corrected chi connectivity index (χ2v) is 6.55. The summed E-state index contributed by atoms with van der Waals surface area (Å²) in [6.07, 6.45) is 1.55. The number of aryl methyl sites for hydroxylation is 2. The smallest absolute Gasteiger partial charge is 0.341 e. The highest BCUT2D eigenvalue weighted by atomic mass is 32.1. The van der Waals surface area contributed by atoms with Crippen LogP contribution >= 0.6 is 11.3 Å². The lowest BCUT2D eigenvalue weighted by Gasteiger charge is -2.16. The third-order valence-electron chi connectivity index (χ3n) is 4.01. The highest BCUT2D eigenvalue weighted by Gasteiger charge is 2.20. The Balaban J connectivity index is 2.28. The van der Waals surface area contributed by atoms with Crippen LogP contribution in [-0.4, -0.2) is 24.7 Å². The van der Waals surface area contributed by atoms with Crippen molar-refractivity contribution in [2.24, 2.45) is 0 Å². The zero-order chi connectivity index (χ0) is 18.0. The SMILES string of the molecule is CCOC(=O)c1cnc2c(OC)ccc(C)c2c1Nc1sccc1C. The molecule has 0 atom stereocenters.